The van der Waals surface area contributed by atoms with E-state index in [1.807, 2.05) is 30.3 Å². The SMILES string of the molecule is CN(C(=O)c1cn2cccnc2n1)C(CCO)c1ccccc1. The van der Waals surface area contributed by atoms with Crippen LogP contribution in [-0.4, -0.2) is 43.9 Å². The van der Waals surface area contributed by atoms with Gasteiger partial charge in [-0.1, -0.05) is 30.3 Å². The molecular weight excluding hydrogens is 292 g/mol. The number of aliphatic hydroxyl groups excluding tert-OH is 1. The summed E-state index contributed by atoms with van der Waals surface area (Å²) in [5.41, 5.74) is 1.32. The first-order valence-electron chi connectivity index (χ1n) is 7.43. The van der Waals surface area contributed by atoms with Gasteiger partial charge in [-0.15, -0.1) is 0 Å². The molecule has 0 saturated heterocycles. The van der Waals surface area contributed by atoms with Gasteiger partial charge < -0.3 is 10.0 Å². The maximum atomic E-state index is 12.7. The first-order chi connectivity index (χ1) is 11.2. The van der Waals surface area contributed by atoms with Gasteiger partial charge in [0.15, 0.2) is 0 Å². The molecule has 0 bridgehead atoms. The fourth-order valence-electron chi connectivity index (χ4n) is 2.64. The summed E-state index contributed by atoms with van der Waals surface area (Å²) >= 11 is 0. The van der Waals surface area contributed by atoms with Crippen molar-refractivity contribution < 1.29 is 9.90 Å². The topological polar surface area (TPSA) is 70.7 Å². The van der Waals surface area contributed by atoms with Gasteiger partial charge in [-0.2, -0.15) is 0 Å². The van der Waals surface area contributed by atoms with E-state index in [0.29, 0.717) is 17.9 Å². The molecule has 0 aliphatic rings. The zero-order chi connectivity index (χ0) is 16.2. The van der Waals surface area contributed by atoms with E-state index in [-0.39, 0.29) is 18.6 Å². The molecule has 0 fully saturated rings. The average Bonchev–Trinajstić information content (AvgIpc) is 3.03. The number of hydrogen-bond acceptors (Lipinski definition) is 4. The Labute approximate surface area is 134 Å². The van der Waals surface area contributed by atoms with E-state index in [1.54, 1.807) is 41.0 Å². The highest BCUT2D eigenvalue weighted by Gasteiger charge is 2.24. The Hall–Kier alpha value is -2.73. The number of rotatable bonds is 5. The Balaban J connectivity index is 1.89. The van der Waals surface area contributed by atoms with Crippen molar-refractivity contribution >= 4 is 11.7 Å². The van der Waals surface area contributed by atoms with Crippen LogP contribution in [0, 0.1) is 0 Å². The normalized spacial score (nSPS) is 12.3. The maximum absolute atomic E-state index is 12.7. The van der Waals surface area contributed by atoms with Crippen LogP contribution in [0.5, 0.6) is 0 Å². The maximum Gasteiger partial charge on any atom is 0.274 e. The minimum Gasteiger partial charge on any atom is -0.396 e. The van der Waals surface area contributed by atoms with E-state index in [0.717, 1.165) is 5.56 Å². The molecule has 23 heavy (non-hydrogen) atoms. The van der Waals surface area contributed by atoms with Crippen LogP contribution >= 0.6 is 0 Å². The average molecular weight is 310 g/mol. The molecule has 6 heteroatoms. The van der Waals surface area contributed by atoms with Crippen LogP contribution in [0.3, 0.4) is 0 Å². The number of aromatic nitrogens is 3. The number of imidazole rings is 1. The van der Waals surface area contributed by atoms with Gasteiger partial charge in [-0.25, -0.2) is 9.97 Å². The number of aliphatic hydroxyl groups is 1. The lowest BCUT2D eigenvalue weighted by molar-refractivity contribution is 0.0700. The quantitative estimate of drug-likeness (QED) is 0.781. The Morgan fingerprint density at radius 3 is 2.78 bits per heavy atom. The molecule has 1 N–H and O–H groups in total. The van der Waals surface area contributed by atoms with Crippen molar-refractivity contribution in [3.63, 3.8) is 0 Å². The van der Waals surface area contributed by atoms with Gasteiger partial charge >= 0.3 is 0 Å². The fraction of sp³-hybridized carbons (Fsp3) is 0.235. The molecule has 3 aromatic rings. The van der Waals surface area contributed by atoms with Gasteiger partial charge in [-0.3, -0.25) is 9.20 Å². The summed E-state index contributed by atoms with van der Waals surface area (Å²) in [5.74, 6) is 0.292. The molecule has 1 unspecified atom stereocenters. The van der Waals surface area contributed by atoms with Gasteiger partial charge in [-0.05, 0) is 18.1 Å². The number of amides is 1. The van der Waals surface area contributed by atoms with Crippen molar-refractivity contribution in [1.82, 2.24) is 19.3 Å². The molecule has 118 valence electrons. The summed E-state index contributed by atoms with van der Waals surface area (Å²) in [4.78, 5) is 22.8. The fourth-order valence-corrected chi connectivity index (χ4v) is 2.64. The van der Waals surface area contributed by atoms with Crippen LogP contribution in [0.2, 0.25) is 0 Å². The molecule has 1 atom stereocenters. The second-order valence-corrected chi connectivity index (χ2v) is 5.31. The Morgan fingerprint density at radius 2 is 2.09 bits per heavy atom. The monoisotopic (exact) mass is 310 g/mol. The molecule has 0 aliphatic heterocycles. The van der Waals surface area contributed by atoms with E-state index in [9.17, 15) is 9.90 Å². The van der Waals surface area contributed by atoms with Gasteiger partial charge in [0.1, 0.15) is 5.69 Å². The highest BCUT2D eigenvalue weighted by Crippen LogP contribution is 2.24. The van der Waals surface area contributed by atoms with E-state index in [4.69, 9.17) is 0 Å². The Morgan fingerprint density at radius 1 is 1.30 bits per heavy atom. The highest BCUT2D eigenvalue weighted by atomic mass is 16.3. The van der Waals surface area contributed by atoms with Gasteiger partial charge in [0.05, 0.1) is 6.04 Å². The predicted octanol–water partition coefficient (Wildman–Crippen LogP) is 1.92. The minimum absolute atomic E-state index is 0.00387. The largest absolute Gasteiger partial charge is 0.396 e. The van der Waals surface area contributed by atoms with Crippen LogP contribution in [-0.2, 0) is 0 Å². The zero-order valence-corrected chi connectivity index (χ0v) is 12.8. The molecule has 0 aliphatic carbocycles. The Kier molecular flexibility index (Phi) is 4.34. The summed E-state index contributed by atoms with van der Waals surface area (Å²) in [5, 5.41) is 9.35. The highest BCUT2D eigenvalue weighted by molar-refractivity contribution is 5.92. The van der Waals surface area contributed by atoms with Crippen molar-refractivity contribution in [1.29, 1.82) is 0 Å². The van der Waals surface area contributed by atoms with Gasteiger partial charge in [0, 0.05) is 32.2 Å². The zero-order valence-electron chi connectivity index (χ0n) is 12.8. The standard InChI is InChI=1S/C17H18N4O2/c1-20(15(8-11-22)13-6-3-2-4-7-13)16(23)14-12-21-10-5-9-18-17(21)19-14/h2-7,9-10,12,15,22H,8,11H2,1H3. The molecule has 2 aromatic heterocycles. The number of carbonyl (C=O) groups excluding carboxylic acids is 1. The summed E-state index contributed by atoms with van der Waals surface area (Å²) in [6.07, 6.45) is 5.58. The molecule has 0 radical (unpaired) electrons. The van der Waals surface area contributed by atoms with Crippen LogP contribution in [0.15, 0.2) is 55.0 Å². The molecule has 1 aromatic carbocycles. The van der Waals surface area contributed by atoms with Crippen molar-refractivity contribution in [2.45, 2.75) is 12.5 Å². The van der Waals surface area contributed by atoms with Crippen LogP contribution in [0.1, 0.15) is 28.5 Å². The van der Waals surface area contributed by atoms with Crippen molar-refractivity contribution in [2.24, 2.45) is 0 Å². The van der Waals surface area contributed by atoms with Gasteiger partial charge in [0.2, 0.25) is 5.78 Å². The van der Waals surface area contributed by atoms with E-state index >= 15 is 0 Å². The minimum atomic E-state index is -0.202. The van der Waals surface area contributed by atoms with E-state index < -0.39 is 0 Å². The summed E-state index contributed by atoms with van der Waals surface area (Å²) < 4.78 is 1.71. The molecule has 3 rings (SSSR count). The molecule has 6 nitrogen and oxygen atoms in total. The summed E-state index contributed by atoms with van der Waals surface area (Å²) in [7, 11) is 1.73. The Bertz CT molecular complexity index is 767. The first-order valence-corrected chi connectivity index (χ1v) is 7.43. The first kappa shape index (κ1) is 15.2. The second-order valence-electron chi connectivity index (χ2n) is 5.31. The third kappa shape index (κ3) is 3.07. The smallest absolute Gasteiger partial charge is 0.274 e. The molecule has 0 saturated carbocycles. The van der Waals surface area contributed by atoms with Crippen LogP contribution in [0.4, 0.5) is 0 Å². The number of fused-ring (bicyclic) bond motifs is 1. The van der Waals surface area contributed by atoms with Crippen LogP contribution < -0.4 is 0 Å². The molecule has 1 amide bonds. The van der Waals surface area contributed by atoms with Crippen molar-refractivity contribution in [3.8, 4) is 0 Å². The molecular formula is C17H18N4O2. The summed E-state index contributed by atoms with van der Waals surface area (Å²) in [6.45, 7) is 0.00387. The molecule has 0 spiro atoms. The predicted molar refractivity (Wildman–Crippen MR) is 86.0 cm³/mol. The number of carbonyl (C=O) groups is 1. The van der Waals surface area contributed by atoms with E-state index in [2.05, 4.69) is 9.97 Å². The van der Waals surface area contributed by atoms with Gasteiger partial charge in [0.25, 0.3) is 5.91 Å². The summed E-state index contributed by atoms with van der Waals surface area (Å²) in [6, 6.07) is 11.3. The molecule has 2 heterocycles. The third-order valence-corrected chi connectivity index (χ3v) is 3.83. The lowest BCUT2D eigenvalue weighted by Crippen LogP contribution is -2.32. The lowest BCUT2D eigenvalue weighted by atomic mass is 10.0. The third-order valence-electron chi connectivity index (χ3n) is 3.83. The number of benzene rings is 1. The van der Waals surface area contributed by atoms with Crippen molar-refractivity contribution in [2.75, 3.05) is 13.7 Å². The van der Waals surface area contributed by atoms with Crippen molar-refractivity contribution in [3.05, 3.63) is 66.2 Å². The second kappa shape index (κ2) is 6.58. The number of hydrogen-bond donors (Lipinski definition) is 1. The lowest BCUT2D eigenvalue weighted by Gasteiger charge is -2.27. The number of nitrogens with zero attached hydrogens (tertiary/aromatic N) is 4. The van der Waals surface area contributed by atoms with E-state index in [1.165, 1.54) is 0 Å². The van der Waals surface area contributed by atoms with Crippen LogP contribution in [0.25, 0.3) is 5.78 Å².